The van der Waals surface area contributed by atoms with E-state index in [1.165, 1.54) is 11.1 Å². The van der Waals surface area contributed by atoms with E-state index in [0.29, 0.717) is 6.04 Å². The van der Waals surface area contributed by atoms with Gasteiger partial charge in [0.15, 0.2) is 0 Å². The van der Waals surface area contributed by atoms with Crippen molar-refractivity contribution < 1.29 is 0 Å². The van der Waals surface area contributed by atoms with Gasteiger partial charge in [-0.1, -0.05) is 50.6 Å². The van der Waals surface area contributed by atoms with Crippen LogP contribution in [0.4, 0.5) is 0 Å². The van der Waals surface area contributed by atoms with E-state index in [-0.39, 0.29) is 11.5 Å². The minimum atomic E-state index is 0.0837. The molecule has 1 aromatic rings. The van der Waals surface area contributed by atoms with E-state index in [9.17, 15) is 0 Å². The van der Waals surface area contributed by atoms with Gasteiger partial charge < -0.3 is 10.6 Å². The maximum absolute atomic E-state index is 6.29. The van der Waals surface area contributed by atoms with Gasteiger partial charge in [0, 0.05) is 18.6 Å². The van der Waals surface area contributed by atoms with Crippen molar-refractivity contribution in [3.8, 4) is 0 Å². The van der Waals surface area contributed by atoms with Crippen LogP contribution >= 0.6 is 0 Å². The smallest absolute Gasteiger partial charge is 0.0424 e. The molecule has 0 bridgehead atoms. The van der Waals surface area contributed by atoms with E-state index in [1.807, 2.05) is 0 Å². The maximum Gasteiger partial charge on any atom is 0.0424 e. The summed E-state index contributed by atoms with van der Waals surface area (Å²) in [6, 6.07) is 9.12. The molecule has 1 rings (SSSR count). The molecule has 0 saturated heterocycles. The number of rotatable bonds is 4. The molecule has 0 radical (unpaired) electrons. The monoisotopic (exact) mass is 248 g/mol. The minimum absolute atomic E-state index is 0.0837. The van der Waals surface area contributed by atoms with Crippen molar-refractivity contribution >= 4 is 0 Å². The molecule has 2 unspecified atom stereocenters. The average molecular weight is 248 g/mol. The second-order valence-corrected chi connectivity index (χ2v) is 6.50. The third kappa shape index (κ3) is 4.11. The Hall–Kier alpha value is -0.860. The predicted molar refractivity (Wildman–Crippen MR) is 79.7 cm³/mol. The van der Waals surface area contributed by atoms with Crippen LogP contribution in [0.25, 0.3) is 0 Å². The van der Waals surface area contributed by atoms with Gasteiger partial charge in [-0.05, 0) is 31.9 Å². The Kier molecular flexibility index (Phi) is 4.94. The highest BCUT2D eigenvalue weighted by Crippen LogP contribution is 2.24. The molecule has 0 aromatic heterocycles. The zero-order valence-electron chi connectivity index (χ0n) is 12.7. The highest BCUT2D eigenvalue weighted by Gasteiger charge is 2.24. The van der Waals surface area contributed by atoms with Crippen LogP contribution in [0.15, 0.2) is 24.3 Å². The fraction of sp³-hybridized carbons (Fsp3) is 0.625. The summed E-state index contributed by atoms with van der Waals surface area (Å²) in [5, 5.41) is 0. The van der Waals surface area contributed by atoms with Gasteiger partial charge in [0.05, 0.1) is 0 Å². The number of likely N-dealkylation sites (N-methyl/N-ethyl adjacent to an activating group) is 1. The Balaban J connectivity index is 2.64. The molecule has 0 amide bonds. The highest BCUT2D eigenvalue weighted by molar-refractivity contribution is 5.24. The fourth-order valence-electron chi connectivity index (χ4n) is 2.05. The first-order valence-corrected chi connectivity index (χ1v) is 6.74. The molecule has 0 aliphatic heterocycles. The molecule has 0 spiro atoms. The largest absolute Gasteiger partial charge is 0.323 e. The quantitative estimate of drug-likeness (QED) is 0.885. The molecule has 2 atom stereocenters. The summed E-state index contributed by atoms with van der Waals surface area (Å²) >= 11 is 0. The molecule has 0 aliphatic carbocycles. The molecule has 1 aromatic carbocycles. The first kappa shape index (κ1) is 15.2. The van der Waals surface area contributed by atoms with E-state index in [2.05, 4.69) is 70.8 Å². The van der Waals surface area contributed by atoms with Gasteiger partial charge in [-0.25, -0.2) is 0 Å². The first-order valence-electron chi connectivity index (χ1n) is 6.74. The zero-order chi connectivity index (χ0) is 13.9. The van der Waals surface area contributed by atoms with Crippen LogP contribution in [0.3, 0.4) is 0 Å². The molecular formula is C16H28N2. The minimum Gasteiger partial charge on any atom is -0.323 e. The highest BCUT2D eigenvalue weighted by atomic mass is 15.1. The lowest BCUT2D eigenvalue weighted by molar-refractivity contribution is 0.134. The van der Waals surface area contributed by atoms with Crippen molar-refractivity contribution in [3.05, 3.63) is 35.4 Å². The second kappa shape index (κ2) is 5.85. The van der Waals surface area contributed by atoms with Crippen molar-refractivity contribution in [1.29, 1.82) is 0 Å². The molecule has 2 N–H and O–H groups in total. The van der Waals surface area contributed by atoms with Crippen molar-refractivity contribution in [3.63, 3.8) is 0 Å². The van der Waals surface area contributed by atoms with E-state index in [0.717, 1.165) is 6.54 Å². The lowest BCUT2D eigenvalue weighted by Gasteiger charge is -2.36. The van der Waals surface area contributed by atoms with Crippen molar-refractivity contribution in [2.45, 2.75) is 46.7 Å². The van der Waals surface area contributed by atoms with Gasteiger partial charge >= 0.3 is 0 Å². The predicted octanol–water partition coefficient (Wildman–Crippen LogP) is 3.36. The molecule has 0 heterocycles. The summed E-state index contributed by atoms with van der Waals surface area (Å²) in [6.45, 7) is 12.1. The van der Waals surface area contributed by atoms with Crippen molar-refractivity contribution in [2.75, 3.05) is 13.6 Å². The summed E-state index contributed by atoms with van der Waals surface area (Å²) in [5.74, 6) is 0. The van der Waals surface area contributed by atoms with Crippen LogP contribution in [0.1, 0.15) is 44.9 Å². The third-order valence-electron chi connectivity index (χ3n) is 3.90. The number of hydrogen-bond acceptors (Lipinski definition) is 2. The SMILES string of the molecule is Cc1ccc(C(N)CN(C)C(C)C(C)(C)C)cc1. The summed E-state index contributed by atoms with van der Waals surface area (Å²) in [5.41, 5.74) is 9.06. The number of nitrogens with zero attached hydrogens (tertiary/aromatic N) is 1. The van der Waals surface area contributed by atoms with Crippen LogP contribution in [-0.4, -0.2) is 24.5 Å². The van der Waals surface area contributed by atoms with Gasteiger partial charge in [-0.2, -0.15) is 0 Å². The Morgan fingerprint density at radius 3 is 2.11 bits per heavy atom. The molecule has 2 nitrogen and oxygen atoms in total. The summed E-state index contributed by atoms with van der Waals surface area (Å²) < 4.78 is 0. The zero-order valence-corrected chi connectivity index (χ0v) is 12.7. The van der Waals surface area contributed by atoms with E-state index in [4.69, 9.17) is 5.73 Å². The summed E-state index contributed by atoms with van der Waals surface area (Å²) in [6.07, 6.45) is 0. The number of hydrogen-bond donors (Lipinski definition) is 1. The standard InChI is InChI=1S/C16H28N2/c1-12-7-9-14(10-8-12)15(17)11-18(6)13(2)16(3,4)5/h7-10,13,15H,11,17H2,1-6H3. The van der Waals surface area contributed by atoms with Gasteiger partial charge in [0.1, 0.15) is 0 Å². The molecule has 102 valence electrons. The van der Waals surface area contributed by atoms with E-state index >= 15 is 0 Å². The Morgan fingerprint density at radius 2 is 1.67 bits per heavy atom. The number of aryl methyl sites for hydroxylation is 1. The van der Waals surface area contributed by atoms with Crippen LogP contribution < -0.4 is 5.73 Å². The Labute approximate surface area is 112 Å². The molecule has 0 saturated carbocycles. The molecule has 0 fully saturated rings. The van der Waals surface area contributed by atoms with Gasteiger partial charge in [-0.15, -0.1) is 0 Å². The normalized spacial score (nSPS) is 15.8. The average Bonchev–Trinajstić information content (AvgIpc) is 2.27. The Bertz CT molecular complexity index is 362. The molecular weight excluding hydrogens is 220 g/mol. The summed E-state index contributed by atoms with van der Waals surface area (Å²) in [7, 11) is 2.16. The van der Waals surface area contributed by atoms with Crippen LogP contribution in [-0.2, 0) is 0 Å². The van der Waals surface area contributed by atoms with Crippen molar-refractivity contribution in [1.82, 2.24) is 4.90 Å². The Morgan fingerprint density at radius 1 is 1.17 bits per heavy atom. The summed E-state index contributed by atoms with van der Waals surface area (Å²) in [4.78, 5) is 2.35. The first-order chi connectivity index (χ1) is 8.21. The molecule has 2 heteroatoms. The van der Waals surface area contributed by atoms with Gasteiger partial charge in [0.25, 0.3) is 0 Å². The van der Waals surface area contributed by atoms with E-state index in [1.54, 1.807) is 0 Å². The maximum atomic E-state index is 6.29. The topological polar surface area (TPSA) is 29.3 Å². The second-order valence-electron chi connectivity index (χ2n) is 6.50. The third-order valence-corrected chi connectivity index (χ3v) is 3.90. The molecule has 0 aliphatic rings. The fourth-order valence-corrected chi connectivity index (χ4v) is 2.05. The number of nitrogens with two attached hydrogens (primary N) is 1. The van der Waals surface area contributed by atoms with Crippen LogP contribution in [0, 0.1) is 12.3 Å². The van der Waals surface area contributed by atoms with Crippen LogP contribution in [0.2, 0.25) is 0 Å². The number of benzene rings is 1. The van der Waals surface area contributed by atoms with Gasteiger partial charge in [0.2, 0.25) is 0 Å². The van der Waals surface area contributed by atoms with Gasteiger partial charge in [-0.3, -0.25) is 0 Å². The molecule has 18 heavy (non-hydrogen) atoms. The van der Waals surface area contributed by atoms with Crippen LogP contribution in [0.5, 0.6) is 0 Å². The van der Waals surface area contributed by atoms with E-state index < -0.39 is 0 Å². The lowest BCUT2D eigenvalue weighted by atomic mass is 9.87. The lowest BCUT2D eigenvalue weighted by Crippen LogP contribution is -2.42. The van der Waals surface area contributed by atoms with Crippen molar-refractivity contribution in [2.24, 2.45) is 11.1 Å².